The van der Waals surface area contributed by atoms with Gasteiger partial charge in [-0.15, -0.1) is 0 Å². The Balaban J connectivity index is 1.58. The summed E-state index contributed by atoms with van der Waals surface area (Å²) in [6.07, 6.45) is 0. The van der Waals surface area contributed by atoms with Crippen LogP contribution < -0.4 is 10.2 Å². The Morgan fingerprint density at radius 2 is 1.97 bits per heavy atom. The highest BCUT2D eigenvalue weighted by molar-refractivity contribution is 7.09. The molecule has 0 spiro atoms. The number of hydrogen-bond acceptors (Lipinski definition) is 6. The second kappa shape index (κ2) is 7.41. The van der Waals surface area contributed by atoms with E-state index in [1.54, 1.807) is 9.80 Å². The number of hydrogen-bond donors (Lipinski definition) is 1. The highest BCUT2D eigenvalue weighted by Gasteiger charge is 2.38. The van der Waals surface area contributed by atoms with E-state index in [-0.39, 0.29) is 23.8 Å². The fourth-order valence-electron chi connectivity index (χ4n) is 4.10. The third-order valence-corrected chi connectivity index (χ3v) is 6.40. The zero-order valence-corrected chi connectivity index (χ0v) is 17.8. The van der Waals surface area contributed by atoms with Crippen molar-refractivity contribution >= 4 is 29.3 Å². The first-order valence-corrected chi connectivity index (χ1v) is 10.7. The number of fused-ring (bicyclic) bond motifs is 1. The van der Waals surface area contributed by atoms with Crippen molar-refractivity contribution in [1.29, 1.82) is 0 Å². The molecule has 11 heteroatoms. The van der Waals surface area contributed by atoms with Gasteiger partial charge in [0.1, 0.15) is 11.6 Å². The molecule has 0 aliphatic carbocycles. The van der Waals surface area contributed by atoms with Crippen LogP contribution in [0.4, 0.5) is 15.0 Å². The number of nitrogens with zero attached hydrogens (tertiary/aromatic N) is 6. The zero-order valence-electron chi connectivity index (χ0n) is 17.0. The molecule has 160 valence electrons. The number of rotatable bonds is 3. The summed E-state index contributed by atoms with van der Waals surface area (Å²) in [5, 5.41) is 3.48. The Morgan fingerprint density at radius 3 is 2.61 bits per heavy atom. The Kier molecular flexibility index (Phi) is 4.69. The molecule has 3 amide bonds. The second-order valence-corrected chi connectivity index (χ2v) is 8.26. The van der Waals surface area contributed by atoms with Gasteiger partial charge in [0.05, 0.1) is 11.7 Å². The fraction of sp³-hybridized carbons (Fsp3) is 0.350. The maximum absolute atomic E-state index is 13.3. The van der Waals surface area contributed by atoms with Gasteiger partial charge in [0, 0.05) is 31.7 Å². The lowest BCUT2D eigenvalue weighted by atomic mass is 10.1. The maximum Gasteiger partial charge on any atom is 0.323 e. The highest BCUT2D eigenvalue weighted by atomic mass is 32.1. The lowest BCUT2D eigenvalue weighted by molar-refractivity contribution is 0.0645. The van der Waals surface area contributed by atoms with Gasteiger partial charge in [-0.25, -0.2) is 19.2 Å². The minimum Gasteiger partial charge on any atom is -0.336 e. The molecule has 2 aliphatic heterocycles. The lowest BCUT2D eigenvalue weighted by Gasteiger charge is -2.36. The number of anilines is 1. The Bertz CT molecular complexity index is 1170. The van der Waals surface area contributed by atoms with Crippen LogP contribution in [0.1, 0.15) is 34.8 Å². The normalized spacial score (nSPS) is 18.3. The standard InChI is InChI=1S/C20H20FN7O2S/c1-11-15-16(28-8-7-22-20(28)30)24-17(18-23-12(2)25-31-18)27(15)10-9-26(11)19(29)13-3-5-14(21)6-4-13/h3-6,11H,7-10H2,1-2H3,(H,22,30). The van der Waals surface area contributed by atoms with E-state index in [0.29, 0.717) is 54.2 Å². The van der Waals surface area contributed by atoms with E-state index in [0.717, 1.165) is 5.69 Å². The maximum atomic E-state index is 13.3. The second-order valence-electron chi connectivity index (χ2n) is 7.51. The molecule has 5 rings (SSSR count). The molecule has 4 heterocycles. The van der Waals surface area contributed by atoms with E-state index in [4.69, 9.17) is 4.98 Å². The number of aromatic nitrogens is 4. The summed E-state index contributed by atoms with van der Waals surface area (Å²) >= 11 is 1.26. The van der Waals surface area contributed by atoms with Crippen molar-refractivity contribution in [3.63, 3.8) is 0 Å². The first-order valence-electron chi connectivity index (χ1n) is 9.97. The molecule has 1 fully saturated rings. The number of nitrogens with one attached hydrogen (secondary N) is 1. The van der Waals surface area contributed by atoms with E-state index < -0.39 is 0 Å². The van der Waals surface area contributed by atoms with E-state index in [2.05, 4.69) is 14.7 Å². The fourth-order valence-corrected chi connectivity index (χ4v) is 4.77. The third kappa shape index (κ3) is 3.25. The van der Waals surface area contributed by atoms with Crippen LogP contribution in [0.2, 0.25) is 0 Å². The van der Waals surface area contributed by atoms with Crippen molar-refractivity contribution in [2.75, 3.05) is 24.5 Å². The number of urea groups is 1. The molecule has 0 bridgehead atoms. The van der Waals surface area contributed by atoms with Gasteiger partial charge in [-0.05, 0) is 49.6 Å². The molecule has 1 N–H and O–H groups in total. The molecule has 1 saturated heterocycles. The highest BCUT2D eigenvalue weighted by Crippen LogP contribution is 2.38. The summed E-state index contributed by atoms with van der Waals surface area (Å²) in [4.78, 5) is 38.2. The summed E-state index contributed by atoms with van der Waals surface area (Å²) in [6, 6.07) is 4.98. The summed E-state index contributed by atoms with van der Waals surface area (Å²) in [5.74, 6) is 1.26. The minimum absolute atomic E-state index is 0.190. The quantitative estimate of drug-likeness (QED) is 0.674. The van der Waals surface area contributed by atoms with Crippen LogP contribution in [0.5, 0.6) is 0 Å². The smallest absolute Gasteiger partial charge is 0.323 e. The van der Waals surface area contributed by atoms with Crippen molar-refractivity contribution in [1.82, 2.24) is 29.1 Å². The molecule has 2 aliphatic rings. The molecule has 31 heavy (non-hydrogen) atoms. The number of benzene rings is 1. The molecule has 1 aromatic carbocycles. The molecule has 3 aromatic rings. The Morgan fingerprint density at radius 1 is 1.19 bits per heavy atom. The first-order chi connectivity index (χ1) is 14.9. The zero-order chi connectivity index (χ0) is 21.7. The van der Waals surface area contributed by atoms with Gasteiger partial charge in [-0.3, -0.25) is 9.69 Å². The summed E-state index contributed by atoms with van der Waals surface area (Å²) < 4.78 is 19.6. The van der Waals surface area contributed by atoms with Crippen molar-refractivity contribution in [2.45, 2.75) is 26.4 Å². The van der Waals surface area contributed by atoms with Crippen LogP contribution in [0, 0.1) is 12.7 Å². The van der Waals surface area contributed by atoms with Crippen LogP contribution in [-0.4, -0.2) is 55.4 Å². The average molecular weight is 441 g/mol. The van der Waals surface area contributed by atoms with Gasteiger partial charge in [-0.2, -0.15) is 4.37 Å². The van der Waals surface area contributed by atoms with E-state index >= 15 is 0 Å². The largest absolute Gasteiger partial charge is 0.336 e. The van der Waals surface area contributed by atoms with Gasteiger partial charge < -0.3 is 14.8 Å². The lowest BCUT2D eigenvalue weighted by Crippen LogP contribution is -2.42. The predicted octanol–water partition coefficient (Wildman–Crippen LogP) is 2.60. The topological polar surface area (TPSA) is 96.3 Å². The third-order valence-electron chi connectivity index (χ3n) is 5.60. The number of carbonyl (C=O) groups is 2. The van der Waals surface area contributed by atoms with E-state index in [1.807, 2.05) is 18.4 Å². The van der Waals surface area contributed by atoms with Gasteiger partial charge in [0.2, 0.25) is 0 Å². The van der Waals surface area contributed by atoms with Crippen molar-refractivity contribution in [3.8, 4) is 10.8 Å². The van der Waals surface area contributed by atoms with Gasteiger partial charge in [0.15, 0.2) is 16.6 Å². The van der Waals surface area contributed by atoms with Crippen LogP contribution in [0.15, 0.2) is 24.3 Å². The van der Waals surface area contributed by atoms with Crippen molar-refractivity contribution < 1.29 is 14.0 Å². The predicted molar refractivity (Wildman–Crippen MR) is 112 cm³/mol. The summed E-state index contributed by atoms with van der Waals surface area (Å²) in [7, 11) is 0. The number of aryl methyl sites for hydroxylation is 1. The van der Waals surface area contributed by atoms with Crippen LogP contribution in [-0.2, 0) is 6.54 Å². The average Bonchev–Trinajstić information content (AvgIpc) is 3.46. The SMILES string of the molecule is Cc1nsc(-c2nc(N3CCNC3=O)c3n2CCN(C(=O)c2ccc(F)cc2)C3C)n1. The van der Waals surface area contributed by atoms with Gasteiger partial charge in [-0.1, -0.05) is 0 Å². The molecular formula is C20H20FN7O2S. The number of halogens is 1. The van der Waals surface area contributed by atoms with Gasteiger partial charge >= 0.3 is 6.03 Å². The van der Waals surface area contributed by atoms with Gasteiger partial charge in [0.25, 0.3) is 5.91 Å². The van der Waals surface area contributed by atoms with Crippen molar-refractivity contribution in [3.05, 3.63) is 47.2 Å². The molecule has 9 nitrogen and oxygen atoms in total. The molecule has 2 aromatic heterocycles. The molecular weight excluding hydrogens is 421 g/mol. The van der Waals surface area contributed by atoms with E-state index in [1.165, 1.54) is 35.8 Å². The van der Waals surface area contributed by atoms with Crippen molar-refractivity contribution in [2.24, 2.45) is 0 Å². The van der Waals surface area contributed by atoms with Crippen LogP contribution in [0.25, 0.3) is 10.8 Å². The number of carbonyl (C=O) groups excluding carboxylic acids is 2. The Labute approximate surface area is 181 Å². The Hall–Kier alpha value is -3.34. The first kappa shape index (κ1) is 19.6. The number of amides is 3. The molecule has 0 saturated carbocycles. The summed E-state index contributed by atoms with van der Waals surface area (Å²) in [5.41, 5.74) is 1.20. The molecule has 1 atom stereocenters. The van der Waals surface area contributed by atoms with E-state index in [9.17, 15) is 14.0 Å². The van der Waals surface area contributed by atoms with Crippen LogP contribution in [0.3, 0.4) is 0 Å². The monoisotopic (exact) mass is 441 g/mol. The van der Waals surface area contributed by atoms with Crippen LogP contribution >= 0.6 is 11.5 Å². The number of imidazole rings is 1. The minimum atomic E-state index is -0.388. The summed E-state index contributed by atoms with van der Waals surface area (Å²) in [6.45, 7) is 5.72. The molecule has 0 radical (unpaired) electrons. The molecule has 1 unspecified atom stereocenters.